The number of fused-ring (bicyclic) bond motifs is 4. The maximum atomic E-state index is 12.9. The number of ketones is 1. The standard InChI is InChI=1S/C23H15N3O4/c27-22(16-6-5-15-9-14-3-1-2-4-18(14)19(15)10-16)12-25-13-24-21-8-7-17(26(29)30)11-20(21)23(25)28/h1-8,10-11,13H,9,12H2. The minimum absolute atomic E-state index is 0.113. The van der Waals surface area contributed by atoms with Gasteiger partial charge in [-0.05, 0) is 40.8 Å². The highest BCUT2D eigenvalue weighted by Gasteiger charge is 2.20. The number of nitro benzene ring substituents is 1. The lowest BCUT2D eigenvalue weighted by molar-refractivity contribution is -0.384. The highest BCUT2D eigenvalue weighted by atomic mass is 16.6. The Bertz CT molecular complexity index is 1420. The first-order valence-corrected chi connectivity index (χ1v) is 9.39. The number of carbonyl (C=O) groups excluding carboxylic acids is 1. The fourth-order valence-corrected chi connectivity index (χ4v) is 3.92. The number of carbonyl (C=O) groups is 1. The van der Waals surface area contributed by atoms with Crippen LogP contribution in [0.15, 0.2) is 71.8 Å². The van der Waals surface area contributed by atoms with Crippen LogP contribution in [0.2, 0.25) is 0 Å². The van der Waals surface area contributed by atoms with Gasteiger partial charge < -0.3 is 0 Å². The zero-order chi connectivity index (χ0) is 20.8. The molecular weight excluding hydrogens is 382 g/mol. The Morgan fingerprint density at radius 3 is 2.67 bits per heavy atom. The topological polar surface area (TPSA) is 95.1 Å². The summed E-state index contributed by atoms with van der Waals surface area (Å²) in [5.74, 6) is -0.226. The number of non-ortho nitro benzene ring substituents is 1. The fourth-order valence-electron chi connectivity index (χ4n) is 3.92. The number of hydrogen-bond donors (Lipinski definition) is 0. The molecular formula is C23H15N3O4. The Labute approximate surface area is 170 Å². The van der Waals surface area contributed by atoms with E-state index in [1.54, 1.807) is 6.07 Å². The van der Waals surface area contributed by atoms with Crippen LogP contribution in [0.25, 0.3) is 22.0 Å². The second kappa shape index (κ2) is 6.73. The summed E-state index contributed by atoms with van der Waals surface area (Å²) in [7, 11) is 0. The molecule has 7 nitrogen and oxygen atoms in total. The highest BCUT2D eigenvalue weighted by Crippen LogP contribution is 2.36. The van der Waals surface area contributed by atoms with Gasteiger partial charge in [0.2, 0.25) is 0 Å². The molecule has 1 aliphatic carbocycles. The Kier molecular flexibility index (Phi) is 4.03. The first kappa shape index (κ1) is 17.9. The van der Waals surface area contributed by atoms with E-state index >= 15 is 0 Å². The van der Waals surface area contributed by atoms with Gasteiger partial charge >= 0.3 is 0 Å². The van der Waals surface area contributed by atoms with Crippen LogP contribution in [0.5, 0.6) is 0 Å². The number of Topliss-reactive ketones (excluding diaryl/α,β-unsaturated/α-hetero) is 1. The zero-order valence-corrected chi connectivity index (χ0v) is 15.7. The number of aromatic nitrogens is 2. The van der Waals surface area contributed by atoms with Crippen LogP contribution in [0.1, 0.15) is 21.5 Å². The summed E-state index contributed by atoms with van der Waals surface area (Å²) in [6.45, 7) is -0.190. The second-order valence-corrected chi connectivity index (χ2v) is 7.27. The van der Waals surface area contributed by atoms with Gasteiger partial charge in [0.05, 0.1) is 28.7 Å². The average molecular weight is 397 g/mol. The van der Waals surface area contributed by atoms with Crippen LogP contribution >= 0.6 is 0 Å². The van der Waals surface area contributed by atoms with Crippen molar-refractivity contribution in [2.75, 3.05) is 0 Å². The van der Waals surface area contributed by atoms with Crippen LogP contribution in [-0.2, 0) is 13.0 Å². The first-order valence-electron chi connectivity index (χ1n) is 9.39. The van der Waals surface area contributed by atoms with Crippen LogP contribution in [0.4, 0.5) is 5.69 Å². The molecule has 0 amide bonds. The molecule has 0 saturated carbocycles. The largest absolute Gasteiger partial charge is 0.292 e. The third kappa shape index (κ3) is 2.88. The maximum Gasteiger partial charge on any atom is 0.270 e. The van der Waals surface area contributed by atoms with E-state index in [1.165, 1.54) is 40.2 Å². The van der Waals surface area contributed by atoms with Crippen molar-refractivity contribution in [2.24, 2.45) is 0 Å². The molecule has 146 valence electrons. The molecule has 4 aromatic rings. The van der Waals surface area contributed by atoms with Crippen molar-refractivity contribution in [1.82, 2.24) is 9.55 Å². The van der Waals surface area contributed by atoms with E-state index in [4.69, 9.17) is 0 Å². The minimum Gasteiger partial charge on any atom is -0.292 e. The third-order valence-corrected chi connectivity index (χ3v) is 5.45. The van der Waals surface area contributed by atoms with Gasteiger partial charge in [-0.15, -0.1) is 0 Å². The van der Waals surface area contributed by atoms with Crippen molar-refractivity contribution >= 4 is 22.4 Å². The number of nitro groups is 1. The molecule has 3 aromatic carbocycles. The molecule has 30 heavy (non-hydrogen) atoms. The molecule has 0 N–H and O–H groups in total. The summed E-state index contributed by atoms with van der Waals surface area (Å²) in [5.41, 5.74) is 4.75. The van der Waals surface area contributed by atoms with Crippen molar-refractivity contribution in [3.8, 4) is 11.1 Å². The van der Waals surface area contributed by atoms with Crippen molar-refractivity contribution in [3.63, 3.8) is 0 Å². The Hall–Kier alpha value is -4.13. The summed E-state index contributed by atoms with van der Waals surface area (Å²) in [6.07, 6.45) is 2.14. The molecule has 0 saturated heterocycles. The highest BCUT2D eigenvalue weighted by molar-refractivity contribution is 5.98. The monoisotopic (exact) mass is 397 g/mol. The smallest absolute Gasteiger partial charge is 0.270 e. The number of nitrogens with zero attached hydrogens (tertiary/aromatic N) is 3. The van der Waals surface area contributed by atoms with Gasteiger partial charge in [0.1, 0.15) is 0 Å². The van der Waals surface area contributed by atoms with Gasteiger partial charge in [-0.1, -0.05) is 36.4 Å². The number of rotatable bonds is 4. The van der Waals surface area contributed by atoms with Crippen LogP contribution in [0, 0.1) is 10.1 Å². The van der Waals surface area contributed by atoms with E-state index in [-0.39, 0.29) is 23.4 Å². The lowest BCUT2D eigenvalue weighted by Crippen LogP contribution is -2.24. The lowest BCUT2D eigenvalue weighted by Gasteiger charge is -2.08. The summed E-state index contributed by atoms with van der Waals surface area (Å²) >= 11 is 0. The summed E-state index contributed by atoms with van der Waals surface area (Å²) in [6, 6.07) is 17.6. The van der Waals surface area contributed by atoms with E-state index in [0.29, 0.717) is 11.1 Å². The molecule has 0 aliphatic heterocycles. The van der Waals surface area contributed by atoms with Gasteiger partial charge in [0.15, 0.2) is 5.78 Å². The molecule has 0 spiro atoms. The minimum atomic E-state index is -0.566. The molecule has 0 unspecified atom stereocenters. The number of hydrogen-bond acceptors (Lipinski definition) is 5. The predicted molar refractivity (Wildman–Crippen MR) is 112 cm³/mol. The fraction of sp³-hybridized carbons (Fsp3) is 0.0870. The maximum absolute atomic E-state index is 12.9. The molecule has 0 radical (unpaired) electrons. The molecule has 0 atom stereocenters. The molecule has 5 rings (SSSR count). The summed E-state index contributed by atoms with van der Waals surface area (Å²) < 4.78 is 1.19. The normalized spacial score (nSPS) is 11.9. The summed E-state index contributed by atoms with van der Waals surface area (Å²) in [5, 5.41) is 11.1. The van der Waals surface area contributed by atoms with E-state index in [0.717, 1.165) is 17.5 Å². The van der Waals surface area contributed by atoms with Gasteiger partial charge in [0, 0.05) is 17.7 Å². The van der Waals surface area contributed by atoms with Crippen molar-refractivity contribution in [1.29, 1.82) is 0 Å². The molecule has 1 aromatic heterocycles. The van der Waals surface area contributed by atoms with Crippen LogP contribution in [0.3, 0.4) is 0 Å². The second-order valence-electron chi connectivity index (χ2n) is 7.27. The van der Waals surface area contributed by atoms with Crippen LogP contribution < -0.4 is 5.56 Å². The molecule has 1 heterocycles. The van der Waals surface area contributed by atoms with Gasteiger partial charge in [-0.25, -0.2) is 4.98 Å². The van der Waals surface area contributed by atoms with Crippen molar-refractivity contribution < 1.29 is 9.72 Å². The average Bonchev–Trinajstić information content (AvgIpc) is 3.13. The van der Waals surface area contributed by atoms with E-state index in [2.05, 4.69) is 11.1 Å². The predicted octanol–water partition coefficient (Wildman–Crippen LogP) is 3.76. The van der Waals surface area contributed by atoms with Crippen molar-refractivity contribution in [2.45, 2.75) is 13.0 Å². The molecule has 0 bridgehead atoms. The molecule has 1 aliphatic rings. The Morgan fingerprint density at radius 1 is 1.03 bits per heavy atom. The lowest BCUT2D eigenvalue weighted by atomic mass is 10.0. The Morgan fingerprint density at radius 2 is 1.83 bits per heavy atom. The summed E-state index contributed by atoms with van der Waals surface area (Å²) in [4.78, 5) is 40.3. The molecule has 7 heteroatoms. The molecule has 0 fully saturated rings. The first-order chi connectivity index (χ1) is 14.5. The van der Waals surface area contributed by atoms with Gasteiger partial charge in [0.25, 0.3) is 11.2 Å². The number of benzene rings is 3. The quantitative estimate of drug-likeness (QED) is 0.261. The van der Waals surface area contributed by atoms with Crippen molar-refractivity contribution in [3.05, 3.63) is 104 Å². The van der Waals surface area contributed by atoms with E-state index in [9.17, 15) is 19.7 Å². The van der Waals surface area contributed by atoms with Crippen LogP contribution in [-0.4, -0.2) is 20.3 Å². The van der Waals surface area contributed by atoms with E-state index in [1.807, 2.05) is 30.3 Å². The Balaban J connectivity index is 1.49. The van der Waals surface area contributed by atoms with Gasteiger partial charge in [-0.3, -0.25) is 24.3 Å². The van der Waals surface area contributed by atoms with E-state index < -0.39 is 10.5 Å². The van der Waals surface area contributed by atoms with Gasteiger partial charge in [-0.2, -0.15) is 0 Å². The SMILES string of the molecule is O=C(Cn1cnc2ccc([N+](=O)[O-])cc2c1=O)c1ccc2c(c1)-c1ccccc1C2. The zero-order valence-electron chi connectivity index (χ0n) is 15.7. The third-order valence-electron chi connectivity index (χ3n) is 5.45.